The van der Waals surface area contributed by atoms with Crippen LogP contribution in [0.25, 0.3) is 0 Å². The van der Waals surface area contributed by atoms with Crippen LogP contribution in [0.4, 0.5) is 4.79 Å². The van der Waals surface area contributed by atoms with Crippen LogP contribution in [-0.4, -0.2) is 25.1 Å². The third kappa shape index (κ3) is 17.1. The van der Waals surface area contributed by atoms with Gasteiger partial charge in [-0.1, -0.05) is 65.2 Å². The SMILES string of the molecule is CCCCCCCNC(=N)NC(=O)NCCCCCCC.Cl. The normalized spacial score (nSPS) is 9.73. The van der Waals surface area contributed by atoms with Crippen LogP contribution in [0.2, 0.25) is 0 Å². The van der Waals surface area contributed by atoms with E-state index < -0.39 is 0 Å². The van der Waals surface area contributed by atoms with Crippen LogP contribution in [0.3, 0.4) is 0 Å². The summed E-state index contributed by atoms with van der Waals surface area (Å²) in [5, 5.41) is 15.8. The molecule has 0 aromatic heterocycles. The molecule has 0 heterocycles. The summed E-state index contributed by atoms with van der Waals surface area (Å²) in [6.45, 7) is 5.81. The number of guanidine groups is 1. The predicted molar refractivity (Wildman–Crippen MR) is 97.0 cm³/mol. The molecular weight excluding hydrogens is 300 g/mol. The van der Waals surface area contributed by atoms with Gasteiger partial charge in [0.2, 0.25) is 0 Å². The van der Waals surface area contributed by atoms with E-state index in [4.69, 9.17) is 5.41 Å². The van der Waals surface area contributed by atoms with Gasteiger partial charge in [0, 0.05) is 13.1 Å². The summed E-state index contributed by atoms with van der Waals surface area (Å²) in [4.78, 5) is 11.5. The van der Waals surface area contributed by atoms with E-state index in [1.54, 1.807) is 0 Å². The maximum Gasteiger partial charge on any atom is 0.321 e. The molecule has 0 aliphatic carbocycles. The molecule has 0 aromatic rings. The zero-order valence-corrected chi connectivity index (χ0v) is 15.1. The Morgan fingerprint density at radius 1 is 0.773 bits per heavy atom. The fourth-order valence-corrected chi connectivity index (χ4v) is 2.07. The van der Waals surface area contributed by atoms with Gasteiger partial charge >= 0.3 is 6.03 Å². The van der Waals surface area contributed by atoms with Crippen LogP contribution in [0.5, 0.6) is 0 Å². The summed E-state index contributed by atoms with van der Waals surface area (Å²) < 4.78 is 0. The van der Waals surface area contributed by atoms with Gasteiger partial charge in [-0.25, -0.2) is 4.79 Å². The first-order valence-electron chi connectivity index (χ1n) is 8.58. The van der Waals surface area contributed by atoms with Gasteiger partial charge in [0.15, 0.2) is 5.96 Å². The molecule has 0 aliphatic heterocycles. The Bertz CT molecular complexity index is 249. The molecule has 2 amide bonds. The van der Waals surface area contributed by atoms with Crippen LogP contribution in [0.15, 0.2) is 0 Å². The Morgan fingerprint density at radius 2 is 1.23 bits per heavy atom. The van der Waals surface area contributed by atoms with Gasteiger partial charge < -0.3 is 10.6 Å². The maximum absolute atomic E-state index is 11.5. The molecule has 0 bridgehead atoms. The first-order valence-corrected chi connectivity index (χ1v) is 8.58. The van der Waals surface area contributed by atoms with Crippen molar-refractivity contribution in [1.29, 1.82) is 5.41 Å². The summed E-state index contributed by atoms with van der Waals surface area (Å²) in [6.07, 6.45) is 11.9. The summed E-state index contributed by atoms with van der Waals surface area (Å²) in [5.74, 6) is 0.0916. The Balaban J connectivity index is 0. The van der Waals surface area contributed by atoms with Gasteiger partial charge in [0.1, 0.15) is 0 Å². The zero-order chi connectivity index (χ0) is 15.8. The Morgan fingerprint density at radius 3 is 1.73 bits per heavy atom. The second-order valence-corrected chi connectivity index (χ2v) is 5.51. The molecule has 0 aliphatic rings. The summed E-state index contributed by atoms with van der Waals surface area (Å²) in [7, 11) is 0. The van der Waals surface area contributed by atoms with Gasteiger partial charge in [-0.2, -0.15) is 0 Å². The second-order valence-electron chi connectivity index (χ2n) is 5.51. The van der Waals surface area contributed by atoms with Crippen molar-refractivity contribution in [3.63, 3.8) is 0 Å². The average Bonchev–Trinajstić information content (AvgIpc) is 2.46. The van der Waals surface area contributed by atoms with E-state index in [0.717, 1.165) is 25.8 Å². The number of carbonyl (C=O) groups is 1. The average molecular weight is 335 g/mol. The van der Waals surface area contributed by atoms with Crippen molar-refractivity contribution in [3.8, 4) is 0 Å². The fourth-order valence-electron chi connectivity index (χ4n) is 2.07. The minimum absolute atomic E-state index is 0. The Labute approximate surface area is 142 Å². The highest BCUT2D eigenvalue weighted by atomic mass is 35.5. The number of carbonyl (C=O) groups excluding carboxylic acids is 1. The molecule has 0 aromatic carbocycles. The summed E-state index contributed by atoms with van der Waals surface area (Å²) >= 11 is 0. The minimum Gasteiger partial charge on any atom is -0.356 e. The van der Waals surface area contributed by atoms with E-state index in [0.29, 0.717) is 6.54 Å². The van der Waals surface area contributed by atoms with E-state index in [9.17, 15) is 4.79 Å². The van der Waals surface area contributed by atoms with Crippen molar-refractivity contribution in [2.75, 3.05) is 13.1 Å². The second kappa shape index (κ2) is 18.1. The van der Waals surface area contributed by atoms with Gasteiger partial charge in [0.05, 0.1) is 0 Å². The molecule has 22 heavy (non-hydrogen) atoms. The third-order valence-electron chi connectivity index (χ3n) is 3.39. The molecule has 0 atom stereocenters. The van der Waals surface area contributed by atoms with Gasteiger partial charge in [-0.15, -0.1) is 12.4 Å². The van der Waals surface area contributed by atoms with Crippen molar-refractivity contribution < 1.29 is 4.79 Å². The number of amides is 2. The molecule has 0 radical (unpaired) electrons. The zero-order valence-electron chi connectivity index (χ0n) is 14.3. The van der Waals surface area contributed by atoms with E-state index in [1.807, 2.05) is 0 Å². The number of hydrogen-bond acceptors (Lipinski definition) is 2. The van der Waals surface area contributed by atoms with E-state index in [1.165, 1.54) is 44.9 Å². The van der Waals surface area contributed by atoms with Gasteiger partial charge in [-0.3, -0.25) is 10.7 Å². The molecule has 0 rings (SSSR count). The molecule has 4 N–H and O–H groups in total. The van der Waals surface area contributed by atoms with Crippen LogP contribution in [-0.2, 0) is 0 Å². The number of hydrogen-bond donors (Lipinski definition) is 4. The minimum atomic E-state index is -0.283. The van der Waals surface area contributed by atoms with E-state index >= 15 is 0 Å². The predicted octanol–water partition coefficient (Wildman–Crippen LogP) is 4.17. The number of rotatable bonds is 12. The topological polar surface area (TPSA) is 77.0 Å². The van der Waals surface area contributed by atoms with Crippen LogP contribution >= 0.6 is 12.4 Å². The lowest BCUT2D eigenvalue weighted by atomic mass is 10.1. The highest BCUT2D eigenvalue weighted by Gasteiger charge is 2.02. The van der Waals surface area contributed by atoms with Crippen molar-refractivity contribution in [2.24, 2.45) is 0 Å². The third-order valence-corrected chi connectivity index (χ3v) is 3.39. The van der Waals surface area contributed by atoms with E-state index in [-0.39, 0.29) is 24.4 Å². The molecule has 0 saturated carbocycles. The quantitative estimate of drug-likeness (QED) is 0.245. The Kier molecular flexibility index (Phi) is 19.1. The van der Waals surface area contributed by atoms with Crippen molar-refractivity contribution in [3.05, 3.63) is 0 Å². The van der Waals surface area contributed by atoms with Crippen LogP contribution < -0.4 is 16.0 Å². The lowest BCUT2D eigenvalue weighted by Gasteiger charge is -2.10. The molecular formula is C16H35ClN4O. The van der Waals surface area contributed by atoms with Crippen molar-refractivity contribution in [1.82, 2.24) is 16.0 Å². The smallest absolute Gasteiger partial charge is 0.321 e. The number of halogens is 1. The molecule has 0 fully saturated rings. The lowest BCUT2D eigenvalue weighted by molar-refractivity contribution is 0.244. The summed E-state index contributed by atoms with van der Waals surface area (Å²) in [5.41, 5.74) is 0. The van der Waals surface area contributed by atoms with Crippen LogP contribution in [0.1, 0.15) is 78.1 Å². The Hall–Kier alpha value is -0.970. The molecule has 132 valence electrons. The standard InChI is InChI=1S/C16H34N4O.ClH/c1-3-5-7-9-11-13-18-15(17)20-16(21)19-14-12-10-8-6-4-2;/h3-14H2,1-2H3,(H4,17,18,19,20,21);1H. The van der Waals surface area contributed by atoms with Gasteiger partial charge in [-0.05, 0) is 12.8 Å². The van der Waals surface area contributed by atoms with Crippen molar-refractivity contribution in [2.45, 2.75) is 78.1 Å². The fraction of sp³-hybridized carbons (Fsp3) is 0.875. The van der Waals surface area contributed by atoms with Gasteiger partial charge in [0.25, 0.3) is 0 Å². The monoisotopic (exact) mass is 334 g/mol. The van der Waals surface area contributed by atoms with Crippen molar-refractivity contribution >= 4 is 24.4 Å². The highest BCUT2D eigenvalue weighted by Crippen LogP contribution is 2.01. The molecule has 0 saturated heterocycles. The number of nitrogens with one attached hydrogen (secondary N) is 4. The van der Waals surface area contributed by atoms with E-state index in [2.05, 4.69) is 29.8 Å². The van der Waals surface area contributed by atoms with Crippen LogP contribution in [0, 0.1) is 5.41 Å². The molecule has 6 heteroatoms. The number of unbranched alkanes of at least 4 members (excludes halogenated alkanes) is 8. The largest absolute Gasteiger partial charge is 0.356 e. The first kappa shape index (κ1) is 23.3. The lowest BCUT2D eigenvalue weighted by Crippen LogP contribution is -2.45. The molecule has 0 unspecified atom stereocenters. The first-order chi connectivity index (χ1) is 10.2. The summed E-state index contributed by atoms with van der Waals surface area (Å²) in [6, 6.07) is -0.283. The molecule has 0 spiro atoms. The maximum atomic E-state index is 11.5. The highest BCUT2D eigenvalue weighted by molar-refractivity contribution is 5.94. The molecule has 5 nitrogen and oxygen atoms in total. The number of urea groups is 1.